The van der Waals surface area contributed by atoms with Crippen LogP contribution < -0.4 is 0 Å². The van der Waals surface area contributed by atoms with E-state index in [9.17, 15) is 4.79 Å². The standard InChI is InChI=1S/C9H13O2/c1-3-5-7-9(10)11-8-6-4-2/h2,4,6,8H,3,5,7H2,1H3. The van der Waals surface area contributed by atoms with Gasteiger partial charge in [0.2, 0.25) is 0 Å². The first-order valence-corrected chi connectivity index (χ1v) is 3.70. The molecule has 0 unspecified atom stereocenters. The second-order valence-electron chi connectivity index (χ2n) is 2.11. The fraction of sp³-hybridized carbons (Fsp3) is 0.444. The van der Waals surface area contributed by atoms with E-state index in [0.29, 0.717) is 6.42 Å². The van der Waals surface area contributed by atoms with E-state index in [0.717, 1.165) is 12.8 Å². The molecule has 0 spiro atoms. The number of hydrogen-bond acceptors (Lipinski definition) is 2. The highest BCUT2D eigenvalue weighted by Gasteiger charge is 1.97. The molecule has 11 heavy (non-hydrogen) atoms. The molecule has 2 heteroatoms. The number of esters is 1. The van der Waals surface area contributed by atoms with Crippen molar-refractivity contribution in [1.82, 2.24) is 0 Å². The number of carbonyl (C=O) groups is 1. The molecular formula is C9H13O2. The van der Waals surface area contributed by atoms with Gasteiger partial charge in [-0.1, -0.05) is 26.0 Å². The van der Waals surface area contributed by atoms with Gasteiger partial charge in [-0.2, -0.15) is 0 Å². The van der Waals surface area contributed by atoms with Crippen molar-refractivity contribution in [1.29, 1.82) is 0 Å². The van der Waals surface area contributed by atoms with Crippen molar-refractivity contribution in [2.45, 2.75) is 26.2 Å². The van der Waals surface area contributed by atoms with Crippen LogP contribution in [-0.4, -0.2) is 5.97 Å². The summed E-state index contributed by atoms with van der Waals surface area (Å²) in [5.74, 6) is -0.204. The molecule has 0 saturated carbocycles. The quantitative estimate of drug-likeness (QED) is 0.344. The molecule has 0 bridgehead atoms. The van der Waals surface area contributed by atoms with Crippen LogP contribution in [0.2, 0.25) is 0 Å². The van der Waals surface area contributed by atoms with Crippen LogP contribution >= 0.6 is 0 Å². The Bertz CT molecular complexity index is 148. The monoisotopic (exact) mass is 153 g/mol. The molecule has 0 aromatic heterocycles. The van der Waals surface area contributed by atoms with Crippen molar-refractivity contribution in [2.75, 3.05) is 0 Å². The largest absolute Gasteiger partial charge is 0.434 e. The third-order valence-corrected chi connectivity index (χ3v) is 1.12. The Morgan fingerprint density at radius 2 is 2.36 bits per heavy atom. The molecule has 1 radical (unpaired) electrons. The first-order valence-electron chi connectivity index (χ1n) is 3.70. The van der Waals surface area contributed by atoms with Crippen molar-refractivity contribution in [3.05, 3.63) is 25.0 Å². The van der Waals surface area contributed by atoms with Crippen molar-refractivity contribution < 1.29 is 9.53 Å². The van der Waals surface area contributed by atoms with Gasteiger partial charge in [0.1, 0.15) is 0 Å². The maximum atomic E-state index is 10.7. The van der Waals surface area contributed by atoms with E-state index in [1.54, 1.807) is 0 Å². The van der Waals surface area contributed by atoms with Gasteiger partial charge in [-0.15, -0.1) is 0 Å². The molecule has 0 fully saturated rings. The molecule has 0 aliphatic rings. The van der Waals surface area contributed by atoms with Crippen molar-refractivity contribution in [3.63, 3.8) is 0 Å². The lowest BCUT2D eigenvalue weighted by molar-refractivity contribution is -0.138. The number of rotatable bonds is 5. The van der Waals surface area contributed by atoms with Crippen LogP contribution in [0.5, 0.6) is 0 Å². The zero-order valence-electron chi connectivity index (χ0n) is 6.75. The van der Waals surface area contributed by atoms with Gasteiger partial charge in [0, 0.05) is 6.42 Å². The van der Waals surface area contributed by atoms with E-state index in [1.807, 2.05) is 6.92 Å². The number of carbonyl (C=O) groups excluding carboxylic acids is 1. The van der Waals surface area contributed by atoms with Gasteiger partial charge in [-0.25, -0.2) is 0 Å². The normalized spacial score (nSPS) is 9.91. The lowest BCUT2D eigenvalue weighted by Gasteiger charge is -1.95. The summed E-state index contributed by atoms with van der Waals surface area (Å²) in [7, 11) is 0. The SMILES string of the molecule is [CH]=CC=COC(=O)CCCC. The molecule has 0 aromatic rings. The third-order valence-electron chi connectivity index (χ3n) is 1.12. The van der Waals surface area contributed by atoms with Gasteiger partial charge in [-0.3, -0.25) is 4.79 Å². The van der Waals surface area contributed by atoms with Gasteiger partial charge in [0.05, 0.1) is 6.26 Å². The highest BCUT2D eigenvalue weighted by Crippen LogP contribution is 1.96. The van der Waals surface area contributed by atoms with Gasteiger partial charge < -0.3 is 4.74 Å². The number of allylic oxidation sites excluding steroid dienone is 2. The predicted molar refractivity (Wildman–Crippen MR) is 43.6 cm³/mol. The summed E-state index contributed by atoms with van der Waals surface area (Å²) in [4.78, 5) is 10.7. The molecule has 0 aliphatic heterocycles. The predicted octanol–water partition coefficient (Wildman–Crippen LogP) is 2.22. The summed E-state index contributed by atoms with van der Waals surface area (Å²) in [6.45, 7) is 7.04. The Morgan fingerprint density at radius 3 is 2.91 bits per heavy atom. The Morgan fingerprint density at radius 1 is 1.64 bits per heavy atom. The van der Waals surface area contributed by atoms with Crippen LogP contribution in [0.25, 0.3) is 0 Å². The average Bonchev–Trinajstić information content (AvgIpc) is 2.01. The molecular weight excluding hydrogens is 140 g/mol. The zero-order valence-corrected chi connectivity index (χ0v) is 6.75. The Labute approximate surface area is 67.6 Å². The van der Waals surface area contributed by atoms with E-state index in [4.69, 9.17) is 6.58 Å². The van der Waals surface area contributed by atoms with Crippen LogP contribution in [0.1, 0.15) is 26.2 Å². The molecule has 0 amide bonds. The lowest BCUT2D eigenvalue weighted by Crippen LogP contribution is -1.97. The maximum absolute atomic E-state index is 10.7. The minimum atomic E-state index is -0.204. The molecule has 0 N–H and O–H groups in total. The number of ether oxygens (including phenoxy) is 1. The summed E-state index contributed by atoms with van der Waals surface area (Å²) in [6.07, 6.45) is 6.43. The van der Waals surface area contributed by atoms with E-state index in [-0.39, 0.29) is 5.97 Å². The van der Waals surface area contributed by atoms with E-state index < -0.39 is 0 Å². The fourth-order valence-electron chi connectivity index (χ4n) is 0.541. The van der Waals surface area contributed by atoms with Crippen LogP contribution in [-0.2, 0) is 9.53 Å². The summed E-state index contributed by atoms with van der Waals surface area (Å²) in [5.41, 5.74) is 0. The minimum Gasteiger partial charge on any atom is -0.434 e. The highest BCUT2D eigenvalue weighted by atomic mass is 16.5. The average molecular weight is 153 g/mol. The first-order chi connectivity index (χ1) is 5.31. The number of unbranched alkanes of at least 4 members (excludes halogenated alkanes) is 1. The summed E-state index contributed by atoms with van der Waals surface area (Å²) in [5, 5.41) is 0. The molecule has 2 nitrogen and oxygen atoms in total. The van der Waals surface area contributed by atoms with Gasteiger partial charge in [-0.05, 0) is 12.5 Å². The second-order valence-corrected chi connectivity index (χ2v) is 2.11. The van der Waals surface area contributed by atoms with Crippen LogP contribution in [0, 0.1) is 6.58 Å². The lowest BCUT2D eigenvalue weighted by atomic mass is 10.3. The minimum absolute atomic E-state index is 0.204. The Hall–Kier alpha value is -1.05. The smallest absolute Gasteiger partial charge is 0.310 e. The second kappa shape index (κ2) is 7.06. The van der Waals surface area contributed by atoms with Crippen molar-refractivity contribution >= 4 is 5.97 Å². The molecule has 0 rings (SSSR count). The summed E-state index contributed by atoms with van der Waals surface area (Å²) < 4.78 is 4.65. The Kier molecular flexibility index (Phi) is 6.39. The van der Waals surface area contributed by atoms with Gasteiger partial charge in [0.25, 0.3) is 0 Å². The van der Waals surface area contributed by atoms with Crippen molar-refractivity contribution in [2.24, 2.45) is 0 Å². The Balaban J connectivity index is 3.36. The summed E-state index contributed by atoms with van der Waals surface area (Å²) in [6, 6.07) is 0. The zero-order chi connectivity index (χ0) is 8.53. The molecule has 0 saturated heterocycles. The van der Waals surface area contributed by atoms with E-state index >= 15 is 0 Å². The van der Waals surface area contributed by atoms with Crippen LogP contribution in [0.15, 0.2) is 18.4 Å². The summed E-state index contributed by atoms with van der Waals surface area (Å²) >= 11 is 0. The third kappa shape index (κ3) is 6.84. The molecule has 0 heterocycles. The first kappa shape index (κ1) is 9.95. The number of hydrogen-bond donors (Lipinski definition) is 0. The maximum Gasteiger partial charge on any atom is 0.310 e. The van der Waals surface area contributed by atoms with Crippen LogP contribution in [0.3, 0.4) is 0 Å². The molecule has 0 atom stereocenters. The fourth-order valence-corrected chi connectivity index (χ4v) is 0.541. The molecule has 0 aliphatic carbocycles. The molecule has 0 aromatic carbocycles. The van der Waals surface area contributed by atoms with E-state index in [1.165, 1.54) is 18.4 Å². The van der Waals surface area contributed by atoms with Gasteiger partial charge >= 0.3 is 5.97 Å². The van der Waals surface area contributed by atoms with Crippen molar-refractivity contribution in [3.8, 4) is 0 Å². The van der Waals surface area contributed by atoms with Gasteiger partial charge in [0.15, 0.2) is 0 Å². The van der Waals surface area contributed by atoms with Crippen LogP contribution in [0.4, 0.5) is 0 Å². The van der Waals surface area contributed by atoms with E-state index in [2.05, 4.69) is 4.74 Å². The highest BCUT2D eigenvalue weighted by molar-refractivity contribution is 5.69. The topological polar surface area (TPSA) is 26.3 Å². The molecule has 61 valence electrons.